The van der Waals surface area contributed by atoms with Crippen LogP contribution in [0.2, 0.25) is 0 Å². The Bertz CT molecular complexity index is 911. The second-order valence-electron chi connectivity index (χ2n) is 5.15. The van der Waals surface area contributed by atoms with E-state index in [2.05, 4.69) is 15.1 Å². The Kier molecular flexibility index (Phi) is 3.42. The fraction of sp³-hybridized carbons (Fsp3) is 0.267. The predicted molar refractivity (Wildman–Crippen MR) is 81.3 cm³/mol. The van der Waals surface area contributed by atoms with E-state index in [1.807, 2.05) is 26.0 Å². The Balaban J connectivity index is 2.24. The van der Waals surface area contributed by atoms with Gasteiger partial charge in [0, 0.05) is 13.3 Å². The minimum atomic E-state index is -0.284. The van der Waals surface area contributed by atoms with E-state index in [1.54, 1.807) is 6.20 Å². The van der Waals surface area contributed by atoms with Gasteiger partial charge in [-0.1, -0.05) is 12.1 Å². The van der Waals surface area contributed by atoms with Gasteiger partial charge in [0.1, 0.15) is 29.3 Å². The van der Waals surface area contributed by atoms with Crippen LogP contribution in [0.15, 0.2) is 23.1 Å². The van der Waals surface area contributed by atoms with Crippen LogP contribution < -0.4 is 5.56 Å². The molecule has 114 valence electrons. The van der Waals surface area contributed by atoms with Crippen LogP contribution in [0.5, 0.6) is 5.75 Å². The number of aromatic nitrogens is 4. The molecule has 7 heteroatoms. The molecule has 0 aliphatic carbocycles. The van der Waals surface area contributed by atoms with Crippen molar-refractivity contribution in [2.45, 2.75) is 20.5 Å². The van der Waals surface area contributed by atoms with E-state index in [-0.39, 0.29) is 17.9 Å². The number of benzene rings is 1. The molecule has 0 aliphatic heterocycles. The second-order valence-corrected chi connectivity index (χ2v) is 5.15. The van der Waals surface area contributed by atoms with Crippen LogP contribution >= 0.6 is 0 Å². The number of rotatable bonds is 3. The first-order chi connectivity index (χ1) is 10.5. The van der Waals surface area contributed by atoms with Crippen molar-refractivity contribution in [2.24, 2.45) is 0 Å². The highest BCUT2D eigenvalue weighted by Gasteiger charge is 2.14. The van der Waals surface area contributed by atoms with Gasteiger partial charge in [-0.3, -0.25) is 4.79 Å². The molecule has 0 radical (unpaired) electrons. The van der Waals surface area contributed by atoms with Crippen LogP contribution in [0.3, 0.4) is 0 Å². The van der Waals surface area contributed by atoms with Crippen molar-refractivity contribution in [3.8, 4) is 11.4 Å². The van der Waals surface area contributed by atoms with Crippen molar-refractivity contribution in [3.63, 3.8) is 0 Å². The lowest BCUT2D eigenvalue weighted by atomic mass is 10.1. The average Bonchev–Trinajstić information content (AvgIpc) is 2.88. The number of H-pyrrole nitrogens is 1. The molecule has 7 nitrogen and oxygen atoms in total. The normalized spacial score (nSPS) is 11.2. The highest BCUT2D eigenvalue weighted by atomic mass is 16.5. The van der Waals surface area contributed by atoms with Gasteiger partial charge in [0.05, 0.1) is 0 Å². The monoisotopic (exact) mass is 300 g/mol. The summed E-state index contributed by atoms with van der Waals surface area (Å²) in [5.74, 6) is 0.553. The molecule has 2 heterocycles. The zero-order valence-corrected chi connectivity index (χ0v) is 12.5. The molecular weight excluding hydrogens is 284 g/mol. The summed E-state index contributed by atoms with van der Waals surface area (Å²) < 4.78 is 6.46. The maximum absolute atomic E-state index is 12.1. The smallest absolute Gasteiger partial charge is 0.262 e. The van der Waals surface area contributed by atoms with E-state index in [0.717, 1.165) is 11.1 Å². The van der Waals surface area contributed by atoms with Crippen molar-refractivity contribution in [1.82, 2.24) is 19.7 Å². The van der Waals surface area contributed by atoms with E-state index >= 15 is 0 Å². The second kappa shape index (κ2) is 5.27. The molecule has 0 fully saturated rings. The zero-order chi connectivity index (χ0) is 15.9. The van der Waals surface area contributed by atoms with Crippen LogP contribution in [-0.2, 0) is 11.3 Å². The lowest BCUT2D eigenvalue weighted by Crippen LogP contribution is -2.11. The molecule has 3 aromatic rings. The lowest BCUT2D eigenvalue weighted by molar-refractivity contribution is 0.178. The first-order valence-corrected chi connectivity index (χ1v) is 6.78. The molecule has 3 rings (SSSR count). The number of nitrogens with one attached hydrogen (secondary N) is 1. The van der Waals surface area contributed by atoms with E-state index in [1.165, 1.54) is 11.8 Å². The Morgan fingerprint density at radius 3 is 2.77 bits per heavy atom. The summed E-state index contributed by atoms with van der Waals surface area (Å²) in [5.41, 5.74) is 2.17. The number of aromatic amines is 1. The number of aromatic hydroxyl groups is 1. The largest absolute Gasteiger partial charge is 0.505 e. The molecular formula is C15H16N4O3. The standard InChI is InChI=1S/C15H16N4O3/c1-8-4-5-9(2)13(20)12(8)19-6-10-14(18-19)16-11(7-22-3)17-15(10)21/h4-6,20H,7H2,1-3H3,(H,16,17,18,21). The molecule has 0 atom stereocenters. The number of hydrogen-bond acceptors (Lipinski definition) is 5. The number of phenols is 1. The van der Waals surface area contributed by atoms with Gasteiger partial charge in [0.15, 0.2) is 5.65 Å². The van der Waals surface area contributed by atoms with Crippen LogP contribution in [0.25, 0.3) is 16.7 Å². The Labute approximate surface area is 126 Å². The maximum atomic E-state index is 12.1. The molecule has 2 aromatic heterocycles. The predicted octanol–water partition coefficient (Wildman–Crippen LogP) is 1.58. The minimum absolute atomic E-state index is 0.140. The number of fused-ring (bicyclic) bond motifs is 1. The third kappa shape index (κ3) is 2.25. The summed E-state index contributed by atoms with van der Waals surface area (Å²) in [4.78, 5) is 19.0. The molecule has 1 aromatic carbocycles. The molecule has 0 unspecified atom stereocenters. The summed E-state index contributed by atoms with van der Waals surface area (Å²) in [7, 11) is 1.52. The quantitative estimate of drug-likeness (QED) is 0.766. The number of methoxy groups -OCH3 is 1. The highest BCUT2D eigenvalue weighted by molar-refractivity contribution is 5.74. The third-order valence-electron chi connectivity index (χ3n) is 3.50. The van der Waals surface area contributed by atoms with Crippen LogP contribution in [-0.4, -0.2) is 32.0 Å². The van der Waals surface area contributed by atoms with Crippen molar-refractivity contribution in [2.75, 3.05) is 7.11 Å². The van der Waals surface area contributed by atoms with Gasteiger partial charge in [0.2, 0.25) is 0 Å². The van der Waals surface area contributed by atoms with Gasteiger partial charge >= 0.3 is 0 Å². The number of phenolic OH excluding ortho intramolecular Hbond substituents is 1. The number of nitrogens with zero attached hydrogens (tertiary/aromatic N) is 3. The topological polar surface area (TPSA) is 93.0 Å². The number of ether oxygens (including phenoxy) is 1. The fourth-order valence-electron chi connectivity index (χ4n) is 2.35. The molecule has 0 bridgehead atoms. The van der Waals surface area contributed by atoms with Crippen molar-refractivity contribution < 1.29 is 9.84 Å². The Hall–Kier alpha value is -2.67. The van der Waals surface area contributed by atoms with Gasteiger partial charge in [0.25, 0.3) is 5.56 Å². The van der Waals surface area contributed by atoms with Gasteiger partial charge in [-0.15, -0.1) is 5.10 Å². The number of aryl methyl sites for hydroxylation is 2. The van der Waals surface area contributed by atoms with Gasteiger partial charge in [-0.05, 0) is 25.0 Å². The van der Waals surface area contributed by atoms with Gasteiger partial charge < -0.3 is 14.8 Å². The molecule has 0 aliphatic rings. The summed E-state index contributed by atoms with van der Waals surface area (Å²) in [6.07, 6.45) is 1.57. The molecule has 0 saturated carbocycles. The Morgan fingerprint density at radius 2 is 2.05 bits per heavy atom. The average molecular weight is 300 g/mol. The zero-order valence-electron chi connectivity index (χ0n) is 12.5. The van der Waals surface area contributed by atoms with Crippen molar-refractivity contribution >= 4 is 11.0 Å². The summed E-state index contributed by atoms with van der Waals surface area (Å²) in [5, 5.41) is 15.0. The molecule has 0 spiro atoms. The van der Waals surface area contributed by atoms with Gasteiger partial charge in [-0.2, -0.15) is 0 Å². The molecule has 22 heavy (non-hydrogen) atoms. The van der Waals surface area contributed by atoms with Gasteiger partial charge in [-0.25, -0.2) is 9.67 Å². The third-order valence-corrected chi connectivity index (χ3v) is 3.50. The SMILES string of the molecule is COCc1nc2nn(-c3c(C)ccc(C)c3O)cc2c(=O)[nH]1. The van der Waals surface area contributed by atoms with E-state index in [9.17, 15) is 9.90 Å². The maximum Gasteiger partial charge on any atom is 0.262 e. The van der Waals surface area contributed by atoms with Crippen molar-refractivity contribution in [1.29, 1.82) is 0 Å². The molecule has 0 saturated heterocycles. The van der Waals surface area contributed by atoms with Crippen LogP contribution in [0.4, 0.5) is 0 Å². The first kappa shape index (κ1) is 14.3. The number of hydrogen-bond donors (Lipinski definition) is 2. The Morgan fingerprint density at radius 1 is 1.32 bits per heavy atom. The van der Waals surface area contributed by atoms with E-state index < -0.39 is 0 Å². The summed E-state index contributed by atoms with van der Waals surface area (Å²) in [6, 6.07) is 3.73. The fourth-order valence-corrected chi connectivity index (χ4v) is 2.35. The first-order valence-electron chi connectivity index (χ1n) is 6.78. The minimum Gasteiger partial charge on any atom is -0.505 e. The summed E-state index contributed by atoms with van der Waals surface area (Å²) >= 11 is 0. The lowest BCUT2D eigenvalue weighted by Gasteiger charge is -2.10. The molecule has 0 amide bonds. The van der Waals surface area contributed by atoms with Crippen molar-refractivity contribution in [3.05, 3.63) is 45.6 Å². The van der Waals surface area contributed by atoms with Crippen LogP contribution in [0, 0.1) is 13.8 Å². The van der Waals surface area contributed by atoms with E-state index in [0.29, 0.717) is 22.5 Å². The summed E-state index contributed by atoms with van der Waals surface area (Å²) in [6.45, 7) is 3.88. The highest BCUT2D eigenvalue weighted by Crippen LogP contribution is 2.29. The van der Waals surface area contributed by atoms with E-state index in [4.69, 9.17) is 4.74 Å². The van der Waals surface area contributed by atoms with Crippen LogP contribution in [0.1, 0.15) is 17.0 Å². The molecule has 2 N–H and O–H groups in total.